The van der Waals surface area contributed by atoms with E-state index in [2.05, 4.69) is 10.6 Å². The molecule has 2 amide bonds. The van der Waals surface area contributed by atoms with Crippen molar-refractivity contribution >= 4 is 11.8 Å². The second kappa shape index (κ2) is 10.4. The Balaban J connectivity index is 2.13. The van der Waals surface area contributed by atoms with E-state index in [1.54, 1.807) is 18.2 Å². The minimum absolute atomic E-state index is 0.0805. The van der Waals surface area contributed by atoms with Gasteiger partial charge in [0.05, 0.1) is 20.3 Å². The van der Waals surface area contributed by atoms with Crippen LogP contribution in [0.4, 0.5) is 0 Å². The second-order valence-electron chi connectivity index (χ2n) is 6.74. The van der Waals surface area contributed by atoms with Gasteiger partial charge in [-0.1, -0.05) is 32.1 Å². The Morgan fingerprint density at radius 3 is 2.33 bits per heavy atom. The van der Waals surface area contributed by atoms with Gasteiger partial charge in [-0.2, -0.15) is 5.26 Å². The quantitative estimate of drug-likeness (QED) is 0.682. The molecule has 0 aliphatic heterocycles. The molecule has 1 unspecified atom stereocenters. The number of carbonyl (C=O) groups excluding carboxylic acids is 2. The summed E-state index contributed by atoms with van der Waals surface area (Å²) >= 11 is 0. The molecule has 1 aromatic rings. The summed E-state index contributed by atoms with van der Waals surface area (Å²) in [6.07, 6.45) is 6.22. The summed E-state index contributed by atoms with van der Waals surface area (Å²) in [6.45, 7) is -0.0805. The van der Waals surface area contributed by atoms with Crippen LogP contribution in [0.25, 0.3) is 0 Å². The highest BCUT2D eigenvalue weighted by Gasteiger charge is 2.26. The van der Waals surface area contributed by atoms with Gasteiger partial charge < -0.3 is 20.1 Å². The van der Waals surface area contributed by atoms with Gasteiger partial charge in [-0.3, -0.25) is 9.59 Å². The van der Waals surface area contributed by atoms with Crippen molar-refractivity contribution in [1.29, 1.82) is 5.26 Å². The van der Waals surface area contributed by atoms with Crippen molar-refractivity contribution < 1.29 is 19.1 Å². The number of amides is 2. The molecule has 0 bridgehead atoms. The fourth-order valence-corrected chi connectivity index (χ4v) is 3.42. The van der Waals surface area contributed by atoms with E-state index in [1.807, 2.05) is 6.07 Å². The number of rotatable bonds is 8. The SMILES string of the molecule is COc1cc(OC)cc(C(=O)NC(CC2CCCCC2)C(=O)NCC#N)c1. The number of nitrogens with zero attached hydrogens (tertiary/aromatic N) is 1. The van der Waals surface area contributed by atoms with Crippen molar-refractivity contribution in [3.05, 3.63) is 23.8 Å². The van der Waals surface area contributed by atoms with Crippen LogP contribution in [0, 0.1) is 17.2 Å². The number of nitrogens with one attached hydrogen (secondary N) is 2. The standard InChI is InChI=1S/C20H27N3O4/c1-26-16-11-15(12-17(13-16)27-2)19(24)23-18(20(25)22-9-8-21)10-14-6-4-3-5-7-14/h11-14,18H,3-7,9-10H2,1-2H3,(H,22,25)(H,23,24). The summed E-state index contributed by atoms with van der Waals surface area (Å²) < 4.78 is 10.4. The molecule has 1 aliphatic carbocycles. The van der Waals surface area contributed by atoms with Gasteiger partial charge in [0.25, 0.3) is 5.91 Å². The molecule has 7 heteroatoms. The summed E-state index contributed by atoms with van der Waals surface area (Å²) in [4.78, 5) is 25.2. The highest BCUT2D eigenvalue weighted by Crippen LogP contribution is 2.28. The third-order valence-electron chi connectivity index (χ3n) is 4.87. The minimum atomic E-state index is -0.675. The lowest BCUT2D eigenvalue weighted by atomic mass is 9.84. The van der Waals surface area contributed by atoms with Gasteiger partial charge in [0.1, 0.15) is 24.1 Å². The molecule has 0 saturated heterocycles. The minimum Gasteiger partial charge on any atom is -0.497 e. The summed E-state index contributed by atoms with van der Waals surface area (Å²) in [5.41, 5.74) is 0.355. The zero-order valence-corrected chi connectivity index (χ0v) is 15.9. The third kappa shape index (κ3) is 6.17. The van der Waals surface area contributed by atoms with Crippen LogP contribution in [0.15, 0.2) is 18.2 Å². The van der Waals surface area contributed by atoms with Crippen LogP contribution in [-0.2, 0) is 4.79 Å². The molecule has 2 N–H and O–H groups in total. The van der Waals surface area contributed by atoms with E-state index in [1.165, 1.54) is 20.6 Å². The van der Waals surface area contributed by atoms with Crippen LogP contribution in [0.1, 0.15) is 48.9 Å². The van der Waals surface area contributed by atoms with Crippen LogP contribution < -0.4 is 20.1 Å². The lowest BCUT2D eigenvalue weighted by Gasteiger charge is -2.26. The Morgan fingerprint density at radius 2 is 1.78 bits per heavy atom. The fourth-order valence-electron chi connectivity index (χ4n) is 3.42. The lowest BCUT2D eigenvalue weighted by molar-refractivity contribution is -0.123. The smallest absolute Gasteiger partial charge is 0.252 e. The van der Waals surface area contributed by atoms with E-state index >= 15 is 0 Å². The number of ether oxygens (including phenoxy) is 2. The first-order valence-corrected chi connectivity index (χ1v) is 9.26. The van der Waals surface area contributed by atoms with Gasteiger partial charge in [0, 0.05) is 11.6 Å². The van der Waals surface area contributed by atoms with Crippen LogP contribution >= 0.6 is 0 Å². The van der Waals surface area contributed by atoms with Gasteiger partial charge in [0.15, 0.2) is 0 Å². The number of nitriles is 1. The number of carbonyl (C=O) groups is 2. The van der Waals surface area contributed by atoms with E-state index in [-0.39, 0.29) is 18.4 Å². The average molecular weight is 373 g/mol. The van der Waals surface area contributed by atoms with Crippen LogP contribution in [0.2, 0.25) is 0 Å². The van der Waals surface area contributed by atoms with Crippen molar-refractivity contribution in [3.63, 3.8) is 0 Å². The van der Waals surface area contributed by atoms with Gasteiger partial charge in [-0.05, 0) is 24.5 Å². The first-order chi connectivity index (χ1) is 13.1. The van der Waals surface area contributed by atoms with Crippen molar-refractivity contribution in [1.82, 2.24) is 10.6 Å². The van der Waals surface area contributed by atoms with Gasteiger partial charge in [-0.15, -0.1) is 0 Å². The monoisotopic (exact) mass is 373 g/mol. The first kappa shape index (κ1) is 20.6. The molecule has 1 saturated carbocycles. The molecule has 0 radical (unpaired) electrons. The van der Waals surface area contributed by atoms with Gasteiger partial charge in [-0.25, -0.2) is 0 Å². The zero-order chi connectivity index (χ0) is 19.6. The van der Waals surface area contributed by atoms with E-state index < -0.39 is 6.04 Å². The third-order valence-corrected chi connectivity index (χ3v) is 4.87. The Bertz CT molecular complexity index is 671. The van der Waals surface area contributed by atoms with Crippen molar-refractivity contribution in [2.45, 2.75) is 44.6 Å². The van der Waals surface area contributed by atoms with Crippen molar-refractivity contribution in [2.75, 3.05) is 20.8 Å². The Morgan fingerprint density at radius 1 is 1.15 bits per heavy atom. The van der Waals surface area contributed by atoms with E-state index in [4.69, 9.17) is 14.7 Å². The molecule has 2 rings (SSSR count). The number of hydrogen-bond donors (Lipinski definition) is 2. The Labute approximate surface area is 160 Å². The normalized spacial score (nSPS) is 15.3. The molecule has 7 nitrogen and oxygen atoms in total. The maximum atomic E-state index is 12.7. The maximum Gasteiger partial charge on any atom is 0.252 e. The van der Waals surface area contributed by atoms with Crippen molar-refractivity contribution in [3.8, 4) is 17.6 Å². The van der Waals surface area contributed by atoms with Crippen LogP contribution in [0.3, 0.4) is 0 Å². The average Bonchev–Trinajstić information content (AvgIpc) is 2.71. The summed E-state index contributed by atoms with van der Waals surface area (Å²) in [5.74, 6) is 0.691. The molecule has 0 spiro atoms. The molecule has 1 aliphatic rings. The Kier molecular flexibility index (Phi) is 7.93. The highest BCUT2D eigenvalue weighted by atomic mass is 16.5. The van der Waals surface area contributed by atoms with E-state index in [0.29, 0.717) is 29.4 Å². The molecular weight excluding hydrogens is 346 g/mol. The molecular formula is C20H27N3O4. The number of benzene rings is 1. The molecule has 27 heavy (non-hydrogen) atoms. The largest absolute Gasteiger partial charge is 0.497 e. The lowest BCUT2D eigenvalue weighted by Crippen LogP contribution is -2.48. The fraction of sp³-hybridized carbons (Fsp3) is 0.550. The Hall–Kier alpha value is -2.75. The van der Waals surface area contributed by atoms with E-state index in [0.717, 1.165) is 25.7 Å². The van der Waals surface area contributed by atoms with Crippen LogP contribution in [-0.4, -0.2) is 38.6 Å². The predicted octanol–water partition coefficient (Wildman–Crippen LogP) is 2.41. The molecule has 0 aromatic heterocycles. The first-order valence-electron chi connectivity index (χ1n) is 9.26. The summed E-state index contributed by atoms with van der Waals surface area (Å²) in [7, 11) is 3.02. The number of methoxy groups -OCH3 is 2. The molecule has 1 aromatic carbocycles. The van der Waals surface area contributed by atoms with Crippen molar-refractivity contribution in [2.24, 2.45) is 5.92 Å². The van der Waals surface area contributed by atoms with Crippen LogP contribution in [0.5, 0.6) is 11.5 Å². The molecule has 146 valence electrons. The molecule has 1 fully saturated rings. The van der Waals surface area contributed by atoms with Gasteiger partial charge >= 0.3 is 0 Å². The summed E-state index contributed by atoms with van der Waals surface area (Å²) in [6, 6.07) is 6.10. The molecule has 1 atom stereocenters. The van der Waals surface area contributed by atoms with Gasteiger partial charge in [0.2, 0.25) is 5.91 Å². The summed E-state index contributed by atoms with van der Waals surface area (Å²) in [5, 5.41) is 14.1. The van der Waals surface area contributed by atoms with E-state index in [9.17, 15) is 9.59 Å². The topological polar surface area (TPSA) is 100 Å². The number of hydrogen-bond acceptors (Lipinski definition) is 5. The molecule has 0 heterocycles. The predicted molar refractivity (Wildman–Crippen MR) is 101 cm³/mol. The second-order valence-corrected chi connectivity index (χ2v) is 6.74. The maximum absolute atomic E-state index is 12.7. The highest BCUT2D eigenvalue weighted by molar-refractivity contribution is 5.98. The zero-order valence-electron chi connectivity index (χ0n) is 15.9.